The van der Waals surface area contributed by atoms with E-state index in [0.29, 0.717) is 11.1 Å². The highest BCUT2D eigenvalue weighted by Crippen LogP contribution is 2.25. The molecule has 0 atom stereocenters. The van der Waals surface area contributed by atoms with Crippen LogP contribution in [0.5, 0.6) is 0 Å². The number of halogens is 1. The standard InChI is InChI=1S/C14H10FN3O3S/c15-11-6-4-9(5-7-11)13-17-18-14(21-13)10-2-1-3-12(8-10)22(16,19)20/h1-8H,(H2,16,19,20). The van der Waals surface area contributed by atoms with Gasteiger partial charge < -0.3 is 4.42 Å². The second-order valence-corrected chi connectivity index (χ2v) is 6.05. The molecule has 0 aliphatic heterocycles. The van der Waals surface area contributed by atoms with Gasteiger partial charge in [-0.1, -0.05) is 6.07 Å². The van der Waals surface area contributed by atoms with E-state index in [2.05, 4.69) is 10.2 Å². The maximum Gasteiger partial charge on any atom is 0.248 e. The molecule has 8 heteroatoms. The van der Waals surface area contributed by atoms with Crippen LogP contribution in [0.2, 0.25) is 0 Å². The highest BCUT2D eigenvalue weighted by Gasteiger charge is 2.14. The first-order valence-electron chi connectivity index (χ1n) is 6.16. The van der Waals surface area contributed by atoms with Crippen LogP contribution in [0.1, 0.15) is 0 Å². The Balaban J connectivity index is 1.99. The van der Waals surface area contributed by atoms with E-state index in [4.69, 9.17) is 9.56 Å². The van der Waals surface area contributed by atoms with Crippen LogP contribution >= 0.6 is 0 Å². The minimum atomic E-state index is -3.81. The van der Waals surface area contributed by atoms with E-state index >= 15 is 0 Å². The molecule has 0 saturated carbocycles. The lowest BCUT2D eigenvalue weighted by molar-refractivity contribution is 0.583. The van der Waals surface area contributed by atoms with Crippen LogP contribution in [0, 0.1) is 5.82 Å². The molecule has 22 heavy (non-hydrogen) atoms. The number of primary sulfonamides is 1. The Morgan fingerprint density at radius 3 is 2.23 bits per heavy atom. The Labute approximate surface area is 125 Å². The van der Waals surface area contributed by atoms with Gasteiger partial charge in [0.25, 0.3) is 0 Å². The zero-order valence-electron chi connectivity index (χ0n) is 11.1. The minimum absolute atomic E-state index is 0.0495. The zero-order valence-corrected chi connectivity index (χ0v) is 11.9. The SMILES string of the molecule is NS(=O)(=O)c1cccc(-c2nnc(-c3ccc(F)cc3)o2)c1. The summed E-state index contributed by atoms with van der Waals surface area (Å²) in [6.45, 7) is 0. The average molecular weight is 319 g/mol. The van der Waals surface area contributed by atoms with Crippen molar-refractivity contribution in [1.82, 2.24) is 10.2 Å². The molecule has 6 nitrogen and oxygen atoms in total. The van der Waals surface area contributed by atoms with E-state index < -0.39 is 10.0 Å². The molecule has 0 saturated heterocycles. The van der Waals surface area contributed by atoms with Gasteiger partial charge in [-0.05, 0) is 42.5 Å². The fraction of sp³-hybridized carbons (Fsp3) is 0. The molecule has 0 aliphatic rings. The molecular formula is C14H10FN3O3S. The highest BCUT2D eigenvalue weighted by atomic mass is 32.2. The van der Waals surface area contributed by atoms with Crippen molar-refractivity contribution in [2.75, 3.05) is 0 Å². The predicted octanol–water partition coefficient (Wildman–Crippen LogP) is 2.19. The Bertz CT molecular complexity index is 921. The molecule has 0 radical (unpaired) electrons. The van der Waals surface area contributed by atoms with E-state index in [1.54, 1.807) is 6.07 Å². The summed E-state index contributed by atoms with van der Waals surface area (Å²) < 4.78 is 41.1. The number of nitrogens with two attached hydrogens (primary N) is 1. The molecule has 0 aliphatic carbocycles. The van der Waals surface area contributed by atoms with Gasteiger partial charge in [0.15, 0.2) is 0 Å². The Morgan fingerprint density at radius 1 is 0.955 bits per heavy atom. The van der Waals surface area contributed by atoms with Crippen molar-refractivity contribution in [3.05, 3.63) is 54.3 Å². The lowest BCUT2D eigenvalue weighted by Crippen LogP contribution is -2.11. The third-order valence-electron chi connectivity index (χ3n) is 2.93. The van der Waals surface area contributed by atoms with Crippen LogP contribution in [0.4, 0.5) is 4.39 Å². The van der Waals surface area contributed by atoms with Crippen LogP contribution in [0.25, 0.3) is 22.9 Å². The number of nitrogens with zero attached hydrogens (tertiary/aromatic N) is 2. The van der Waals surface area contributed by atoms with E-state index in [1.165, 1.54) is 42.5 Å². The molecule has 0 bridgehead atoms. The lowest BCUT2D eigenvalue weighted by Gasteiger charge is -1.99. The van der Waals surface area contributed by atoms with Gasteiger partial charge in [-0.15, -0.1) is 10.2 Å². The summed E-state index contributed by atoms with van der Waals surface area (Å²) in [7, 11) is -3.81. The molecule has 0 spiro atoms. The van der Waals surface area contributed by atoms with Crippen LogP contribution in [-0.2, 0) is 10.0 Å². The summed E-state index contributed by atoms with van der Waals surface area (Å²) in [4.78, 5) is -0.0495. The van der Waals surface area contributed by atoms with Crippen molar-refractivity contribution < 1.29 is 17.2 Å². The van der Waals surface area contributed by atoms with Crippen molar-refractivity contribution in [1.29, 1.82) is 0 Å². The van der Waals surface area contributed by atoms with Crippen molar-refractivity contribution in [3.63, 3.8) is 0 Å². The molecule has 0 fully saturated rings. The third-order valence-corrected chi connectivity index (χ3v) is 3.84. The normalized spacial score (nSPS) is 11.5. The maximum atomic E-state index is 12.9. The first-order chi connectivity index (χ1) is 10.4. The molecule has 1 aromatic heterocycles. The van der Waals surface area contributed by atoms with Gasteiger partial charge in [0.2, 0.25) is 21.8 Å². The fourth-order valence-electron chi connectivity index (χ4n) is 1.86. The van der Waals surface area contributed by atoms with Crippen molar-refractivity contribution in [2.45, 2.75) is 4.90 Å². The second-order valence-electron chi connectivity index (χ2n) is 4.49. The number of sulfonamides is 1. The van der Waals surface area contributed by atoms with Gasteiger partial charge in [0.1, 0.15) is 5.82 Å². The molecule has 2 N–H and O–H groups in total. The van der Waals surface area contributed by atoms with E-state index in [-0.39, 0.29) is 22.5 Å². The number of benzene rings is 2. The van der Waals surface area contributed by atoms with Crippen LogP contribution in [-0.4, -0.2) is 18.6 Å². The van der Waals surface area contributed by atoms with Crippen LogP contribution in [0.15, 0.2) is 57.8 Å². The van der Waals surface area contributed by atoms with Crippen LogP contribution < -0.4 is 5.14 Å². The number of aromatic nitrogens is 2. The van der Waals surface area contributed by atoms with Crippen molar-refractivity contribution >= 4 is 10.0 Å². The lowest BCUT2D eigenvalue weighted by atomic mass is 10.2. The number of hydrogen-bond donors (Lipinski definition) is 1. The summed E-state index contributed by atoms with van der Waals surface area (Å²) in [6, 6.07) is 11.4. The molecule has 0 unspecified atom stereocenters. The molecule has 1 heterocycles. The van der Waals surface area contributed by atoms with E-state index in [1.807, 2.05) is 0 Å². The monoisotopic (exact) mass is 319 g/mol. The number of rotatable bonds is 3. The number of hydrogen-bond acceptors (Lipinski definition) is 5. The molecule has 2 aromatic carbocycles. The summed E-state index contributed by atoms with van der Waals surface area (Å²) >= 11 is 0. The van der Waals surface area contributed by atoms with Crippen molar-refractivity contribution in [3.8, 4) is 22.9 Å². The Kier molecular flexibility index (Phi) is 3.47. The maximum absolute atomic E-state index is 12.9. The zero-order chi connectivity index (χ0) is 15.7. The second kappa shape index (κ2) is 5.32. The molecule has 3 aromatic rings. The minimum Gasteiger partial charge on any atom is -0.416 e. The first kappa shape index (κ1) is 14.4. The van der Waals surface area contributed by atoms with Gasteiger partial charge in [0.05, 0.1) is 4.90 Å². The van der Waals surface area contributed by atoms with Crippen LogP contribution in [0.3, 0.4) is 0 Å². The quantitative estimate of drug-likeness (QED) is 0.797. The largest absolute Gasteiger partial charge is 0.416 e. The van der Waals surface area contributed by atoms with Gasteiger partial charge in [-0.2, -0.15) is 0 Å². The summed E-state index contributed by atoms with van der Waals surface area (Å²) in [6.07, 6.45) is 0. The molecule has 112 valence electrons. The summed E-state index contributed by atoms with van der Waals surface area (Å²) in [5.41, 5.74) is 0.982. The average Bonchev–Trinajstić information content (AvgIpc) is 2.97. The highest BCUT2D eigenvalue weighted by molar-refractivity contribution is 7.89. The predicted molar refractivity (Wildman–Crippen MR) is 76.5 cm³/mol. The fourth-order valence-corrected chi connectivity index (χ4v) is 2.41. The van der Waals surface area contributed by atoms with Gasteiger partial charge in [0, 0.05) is 11.1 Å². The first-order valence-corrected chi connectivity index (χ1v) is 7.71. The third kappa shape index (κ3) is 2.87. The van der Waals surface area contributed by atoms with E-state index in [0.717, 1.165) is 0 Å². The Morgan fingerprint density at radius 2 is 1.59 bits per heavy atom. The molecular weight excluding hydrogens is 309 g/mol. The smallest absolute Gasteiger partial charge is 0.248 e. The van der Waals surface area contributed by atoms with Crippen molar-refractivity contribution in [2.24, 2.45) is 5.14 Å². The van der Waals surface area contributed by atoms with E-state index in [9.17, 15) is 12.8 Å². The van der Waals surface area contributed by atoms with Gasteiger partial charge >= 0.3 is 0 Å². The summed E-state index contributed by atoms with van der Waals surface area (Å²) in [5.74, 6) is -0.0230. The molecule has 3 rings (SSSR count). The van der Waals surface area contributed by atoms with Gasteiger partial charge in [-0.25, -0.2) is 17.9 Å². The summed E-state index contributed by atoms with van der Waals surface area (Å²) in [5, 5.41) is 12.8. The van der Waals surface area contributed by atoms with Gasteiger partial charge in [-0.3, -0.25) is 0 Å². The topological polar surface area (TPSA) is 99.1 Å². The molecule has 0 amide bonds. The Hall–Kier alpha value is -2.58.